The van der Waals surface area contributed by atoms with Gasteiger partial charge in [-0.2, -0.15) is 5.10 Å². The highest BCUT2D eigenvalue weighted by Crippen LogP contribution is 2.28. The van der Waals surface area contributed by atoms with Gasteiger partial charge in [0, 0.05) is 36.8 Å². The number of nitrogens with zero attached hydrogens (tertiary/aromatic N) is 2. The number of aromatic nitrogens is 2. The molecule has 0 radical (unpaired) electrons. The zero-order valence-corrected chi connectivity index (χ0v) is 13.9. The Morgan fingerprint density at radius 1 is 1.35 bits per heavy atom. The molecule has 3 nitrogen and oxygen atoms in total. The van der Waals surface area contributed by atoms with E-state index in [1.165, 1.54) is 43.4 Å². The maximum absolute atomic E-state index is 4.65. The third kappa shape index (κ3) is 3.85. The fourth-order valence-electron chi connectivity index (χ4n) is 3.40. The van der Waals surface area contributed by atoms with E-state index in [2.05, 4.69) is 44.3 Å². The first-order chi connectivity index (χ1) is 9.40. The molecule has 0 bridgehead atoms. The van der Waals surface area contributed by atoms with E-state index in [4.69, 9.17) is 0 Å². The number of rotatable bonds is 4. The summed E-state index contributed by atoms with van der Waals surface area (Å²) in [5, 5.41) is 8.43. The van der Waals surface area contributed by atoms with E-state index in [9.17, 15) is 0 Å². The summed E-state index contributed by atoms with van der Waals surface area (Å²) in [6, 6.07) is 0.696. The fourth-order valence-corrected chi connectivity index (χ4v) is 3.40. The van der Waals surface area contributed by atoms with E-state index in [1.807, 2.05) is 11.7 Å². The first kappa shape index (κ1) is 15.6. The molecule has 0 amide bonds. The van der Waals surface area contributed by atoms with Crippen LogP contribution >= 0.6 is 0 Å². The Labute approximate surface area is 124 Å². The molecule has 0 aromatic carbocycles. The second-order valence-electron chi connectivity index (χ2n) is 7.45. The Kier molecular flexibility index (Phi) is 4.90. The van der Waals surface area contributed by atoms with Crippen molar-refractivity contribution in [2.75, 3.05) is 0 Å². The second kappa shape index (κ2) is 6.30. The van der Waals surface area contributed by atoms with Gasteiger partial charge in [0.25, 0.3) is 0 Å². The number of nitrogens with one attached hydrogen (secondary N) is 1. The average molecular weight is 277 g/mol. The summed E-state index contributed by atoms with van der Waals surface area (Å²) in [4.78, 5) is 0. The summed E-state index contributed by atoms with van der Waals surface area (Å²) in [6.07, 6.45) is 9.00. The van der Waals surface area contributed by atoms with Gasteiger partial charge in [-0.1, -0.05) is 47.0 Å². The van der Waals surface area contributed by atoms with Gasteiger partial charge in [-0.05, 0) is 18.8 Å². The van der Waals surface area contributed by atoms with Crippen molar-refractivity contribution in [3.8, 4) is 0 Å². The van der Waals surface area contributed by atoms with Crippen molar-refractivity contribution in [1.29, 1.82) is 0 Å². The van der Waals surface area contributed by atoms with Gasteiger partial charge < -0.3 is 5.32 Å². The van der Waals surface area contributed by atoms with Crippen molar-refractivity contribution in [3.05, 3.63) is 17.5 Å². The van der Waals surface area contributed by atoms with Gasteiger partial charge in [0.05, 0.1) is 5.69 Å². The van der Waals surface area contributed by atoms with Crippen LogP contribution in [0, 0.1) is 5.92 Å². The fraction of sp³-hybridized carbons (Fsp3) is 0.824. The maximum Gasteiger partial charge on any atom is 0.0722 e. The Bertz CT molecular complexity index is 428. The molecule has 0 spiro atoms. The van der Waals surface area contributed by atoms with Crippen LogP contribution in [0.4, 0.5) is 0 Å². The molecule has 2 atom stereocenters. The predicted molar refractivity (Wildman–Crippen MR) is 84.8 cm³/mol. The molecule has 114 valence electrons. The Morgan fingerprint density at radius 3 is 2.75 bits per heavy atom. The molecule has 1 N–H and O–H groups in total. The van der Waals surface area contributed by atoms with E-state index in [-0.39, 0.29) is 5.41 Å². The number of hydrogen-bond acceptors (Lipinski definition) is 2. The molecule has 1 aliphatic carbocycles. The maximum atomic E-state index is 4.65. The number of hydrogen-bond donors (Lipinski definition) is 1. The Balaban J connectivity index is 1.97. The first-order valence-corrected chi connectivity index (χ1v) is 8.16. The quantitative estimate of drug-likeness (QED) is 0.907. The minimum Gasteiger partial charge on any atom is -0.310 e. The summed E-state index contributed by atoms with van der Waals surface area (Å²) >= 11 is 0. The first-order valence-electron chi connectivity index (χ1n) is 8.16. The molecule has 1 aliphatic rings. The molecule has 1 saturated carbocycles. The minimum atomic E-state index is 0.122. The van der Waals surface area contributed by atoms with E-state index in [0.717, 1.165) is 12.5 Å². The van der Waals surface area contributed by atoms with Gasteiger partial charge in [0.2, 0.25) is 0 Å². The van der Waals surface area contributed by atoms with Crippen LogP contribution in [-0.4, -0.2) is 15.8 Å². The molecule has 0 aliphatic heterocycles. The zero-order valence-electron chi connectivity index (χ0n) is 13.9. The van der Waals surface area contributed by atoms with Crippen LogP contribution in [0.25, 0.3) is 0 Å². The van der Waals surface area contributed by atoms with Crippen LogP contribution < -0.4 is 5.32 Å². The van der Waals surface area contributed by atoms with Crippen LogP contribution in [0.2, 0.25) is 0 Å². The lowest BCUT2D eigenvalue weighted by Gasteiger charge is -2.29. The molecular weight excluding hydrogens is 246 g/mol. The van der Waals surface area contributed by atoms with Gasteiger partial charge >= 0.3 is 0 Å². The molecule has 0 saturated heterocycles. The summed E-state index contributed by atoms with van der Waals surface area (Å²) in [7, 11) is 2.02. The van der Waals surface area contributed by atoms with Crippen LogP contribution in [0.15, 0.2) is 6.20 Å². The molecule has 1 aromatic heterocycles. The van der Waals surface area contributed by atoms with Crippen molar-refractivity contribution in [2.45, 2.75) is 77.8 Å². The summed E-state index contributed by atoms with van der Waals surface area (Å²) in [5.74, 6) is 0.928. The monoisotopic (exact) mass is 277 g/mol. The number of aryl methyl sites for hydroxylation is 1. The van der Waals surface area contributed by atoms with Gasteiger partial charge in [0.1, 0.15) is 0 Å². The Morgan fingerprint density at radius 2 is 2.10 bits per heavy atom. The van der Waals surface area contributed by atoms with Gasteiger partial charge in [-0.15, -0.1) is 0 Å². The van der Waals surface area contributed by atoms with Gasteiger partial charge in [-0.3, -0.25) is 4.68 Å². The van der Waals surface area contributed by atoms with Crippen molar-refractivity contribution >= 4 is 0 Å². The normalized spacial score (nSPS) is 24.1. The highest BCUT2D eigenvalue weighted by molar-refractivity contribution is 5.24. The van der Waals surface area contributed by atoms with Crippen molar-refractivity contribution in [2.24, 2.45) is 13.0 Å². The molecule has 1 heterocycles. The molecule has 3 heteroatoms. The topological polar surface area (TPSA) is 29.9 Å². The van der Waals surface area contributed by atoms with Gasteiger partial charge in [-0.25, -0.2) is 0 Å². The lowest BCUT2D eigenvalue weighted by atomic mass is 9.84. The van der Waals surface area contributed by atoms with Crippen molar-refractivity contribution < 1.29 is 0 Å². The highest BCUT2D eigenvalue weighted by atomic mass is 15.3. The van der Waals surface area contributed by atoms with E-state index < -0.39 is 0 Å². The molecular formula is C17H31N3. The zero-order chi connectivity index (χ0) is 14.8. The summed E-state index contributed by atoms with van der Waals surface area (Å²) in [6.45, 7) is 10.0. The third-order valence-corrected chi connectivity index (χ3v) is 4.56. The summed E-state index contributed by atoms with van der Waals surface area (Å²) in [5.41, 5.74) is 2.71. The van der Waals surface area contributed by atoms with Crippen LogP contribution in [-0.2, 0) is 19.0 Å². The SMILES string of the molecule is CCC1CCCC(NCc2cn(C)nc2C(C)(C)C)C1. The third-order valence-electron chi connectivity index (χ3n) is 4.56. The minimum absolute atomic E-state index is 0.122. The highest BCUT2D eigenvalue weighted by Gasteiger charge is 2.24. The lowest BCUT2D eigenvalue weighted by Crippen LogP contribution is -2.34. The van der Waals surface area contributed by atoms with Crippen LogP contribution in [0.1, 0.15) is 71.1 Å². The van der Waals surface area contributed by atoms with Crippen molar-refractivity contribution in [3.63, 3.8) is 0 Å². The van der Waals surface area contributed by atoms with E-state index in [0.29, 0.717) is 6.04 Å². The molecule has 20 heavy (non-hydrogen) atoms. The predicted octanol–water partition coefficient (Wildman–Crippen LogP) is 3.78. The van der Waals surface area contributed by atoms with E-state index in [1.54, 1.807) is 0 Å². The van der Waals surface area contributed by atoms with Crippen LogP contribution in [0.5, 0.6) is 0 Å². The molecule has 2 rings (SSSR count). The van der Waals surface area contributed by atoms with Gasteiger partial charge in [0.15, 0.2) is 0 Å². The largest absolute Gasteiger partial charge is 0.310 e. The van der Waals surface area contributed by atoms with E-state index >= 15 is 0 Å². The smallest absolute Gasteiger partial charge is 0.0722 e. The second-order valence-corrected chi connectivity index (χ2v) is 7.45. The molecule has 1 aromatic rings. The van der Waals surface area contributed by atoms with Crippen LogP contribution in [0.3, 0.4) is 0 Å². The lowest BCUT2D eigenvalue weighted by molar-refractivity contribution is 0.278. The molecule has 1 fully saturated rings. The average Bonchev–Trinajstić information content (AvgIpc) is 2.78. The standard InChI is InChI=1S/C17H31N3/c1-6-13-8-7-9-15(10-13)18-11-14-12-20(5)19-16(14)17(2,3)4/h12-13,15,18H,6-11H2,1-5H3. The molecule has 2 unspecified atom stereocenters. The Hall–Kier alpha value is -0.830. The van der Waals surface area contributed by atoms with Crippen molar-refractivity contribution in [1.82, 2.24) is 15.1 Å². The summed E-state index contributed by atoms with van der Waals surface area (Å²) < 4.78 is 1.95.